The van der Waals surface area contributed by atoms with Crippen LogP contribution in [0.5, 0.6) is 5.88 Å². The summed E-state index contributed by atoms with van der Waals surface area (Å²) in [5.74, 6) is 1.76. The van der Waals surface area contributed by atoms with E-state index < -0.39 is 0 Å². The van der Waals surface area contributed by atoms with E-state index in [9.17, 15) is 0 Å². The van der Waals surface area contributed by atoms with Crippen LogP contribution >= 0.6 is 0 Å². The molecule has 4 nitrogen and oxygen atoms in total. The van der Waals surface area contributed by atoms with Gasteiger partial charge in [0.2, 0.25) is 5.88 Å². The fourth-order valence-electron chi connectivity index (χ4n) is 1.98. The molecule has 0 saturated heterocycles. The largest absolute Gasteiger partial charge is 0.474 e. The standard InChI is InChI=1S/C11H17N3O/c1-8-13-10(12)7-11(14-8)15-9-5-3-2-4-6-9/h7,9H,2-6H2,1H3,(H2,12,13,14). The van der Waals surface area contributed by atoms with Crippen molar-refractivity contribution >= 4 is 5.82 Å². The van der Waals surface area contributed by atoms with Gasteiger partial charge in [0.05, 0.1) is 0 Å². The molecule has 0 aromatic carbocycles. The zero-order valence-corrected chi connectivity index (χ0v) is 9.07. The molecule has 2 rings (SSSR count). The fraction of sp³-hybridized carbons (Fsp3) is 0.636. The Morgan fingerprint density at radius 3 is 2.67 bits per heavy atom. The van der Waals surface area contributed by atoms with Crippen LogP contribution in [0.2, 0.25) is 0 Å². The zero-order valence-electron chi connectivity index (χ0n) is 9.07. The van der Waals surface area contributed by atoms with Gasteiger partial charge >= 0.3 is 0 Å². The molecule has 0 atom stereocenters. The number of aryl methyl sites for hydroxylation is 1. The van der Waals surface area contributed by atoms with Crippen LogP contribution in [-0.4, -0.2) is 16.1 Å². The topological polar surface area (TPSA) is 61.0 Å². The Bertz CT molecular complexity index is 314. The summed E-state index contributed by atoms with van der Waals surface area (Å²) in [7, 11) is 0. The fourth-order valence-corrected chi connectivity index (χ4v) is 1.98. The second-order valence-electron chi connectivity index (χ2n) is 4.06. The maximum absolute atomic E-state index is 5.79. The average molecular weight is 207 g/mol. The van der Waals surface area contributed by atoms with Crippen LogP contribution < -0.4 is 10.5 Å². The molecule has 15 heavy (non-hydrogen) atoms. The average Bonchev–Trinajstić information content (AvgIpc) is 2.17. The van der Waals surface area contributed by atoms with E-state index in [1.165, 1.54) is 19.3 Å². The number of ether oxygens (including phenoxy) is 1. The number of aromatic nitrogens is 2. The normalized spacial score (nSPS) is 17.7. The van der Waals surface area contributed by atoms with E-state index in [0.717, 1.165) is 12.8 Å². The summed E-state index contributed by atoms with van der Waals surface area (Å²) in [5, 5.41) is 0. The summed E-state index contributed by atoms with van der Waals surface area (Å²) in [4.78, 5) is 8.23. The lowest BCUT2D eigenvalue weighted by Crippen LogP contribution is -2.20. The van der Waals surface area contributed by atoms with Crippen LogP contribution in [0.1, 0.15) is 37.9 Å². The third kappa shape index (κ3) is 2.81. The minimum Gasteiger partial charge on any atom is -0.474 e. The molecule has 1 saturated carbocycles. The summed E-state index contributed by atoms with van der Waals surface area (Å²) >= 11 is 0. The van der Waals surface area contributed by atoms with Gasteiger partial charge in [0, 0.05) is 6.07 Å². The number of nitrogen functional groups attached to an aromatic ring is 1. The van der Waals surface area contributed by atoms with Crippen LogP contribution in [0.15, 0.2) is 6.07 Å². The van der Waals surface area contributed by atoms with Gasteiger partial charge < -0.3 is 10.5 Å². The lowest BCUT2D eigenvalue weighted by Gasteiger charge is -2.22. The first-order valence-electron chi connectivity index (χ1n) is 5.52. The molecule has 0 radical (unpaired) electrons. The van der Waals surface area contributed by atoms with E-state index in [1.54, 1.807) is 6.07 Å². The van der Waals surface area contributed by atoms with Crippen molar-refractivity contribution in [2.75, 3.05) is 5.73 Å². The van der Waals surface area contributed by atoms with Crippen LogP contribution in [0.4, 0.5) is 5.82 Å². The van der Waals surface area contributed by atoms with Gasteiger partial charge in [-0.1, -0.05) is 6.42 Å². The van der Waals surface area contributed by atoms with E-state index in [2.05, 4.69) is 9.97 Å². The molecule has 82 valence electrons. The van der Waals surface area contributed by atoms with E-state index in [4.69, 9.17) is 10.5 Å². The Morgan fingerprint density at radius 1 is 1.27 bits per heavy atom. The van der Waals surface area contributed by atoms with Gasteiger partial charge in [-0.15, -0.1) is 0 Å². The highest BCUT2D eigenvalue weighted by Crippen LogP contribution is 2.22. The number of hydrogen-bond donors (Lipinski definition) is 1. The summed E-state index contributed by atoms with van der Waals surface area (Å²) in [6, 6.07) is 1.70. The van der Waals surface area contributed by atoms with Crippen molar-refractivity contribution in [2.45, 2.75) is 45.1 Å². The summed E-state index contributed by atoms with van der Waals surface area (Å²) in [5.41, 5.74) is 5.63. The predicted octanol–water partition coefficient (Wildman–Crippen LogP) is 2.08. The number of nitrogens with two attached hydrogens (primary N) is 1. The number of anilines is 1. The van der Waals surface area contributed by atoms with Crippen LogP contribution in [0, 0.1) is 6.92 Å². The molecule has 1 aliphatic rings. The van der Waals surface area contributed by atoms with Crippen molar-refractivity contribution in [1.82, 2.24) is 9.97 Å². The Balaban J connectivity index is 2.02. The SMILES string of the molecule is Cc1nc(N)cc(OC2CCCCC2)n1. The minimum atomic E-state index is 0.312. The summed E-state index contributed by atoms with van der Waals surface area (Å²) < 4.78 is 5.79. The lowest BCUT2D eigenvalue weighted by molar-refractivity contribution is 0.148. The smallest absolute Gasteiger partial charge is 0.218 e. The zero-order chi connectivity index (χ0) is 10.7. The third-order valence-corrected chi connectivity index (χ3v) is 2.67. The van der Waals surface area contributed by atoms with Crippen molar-refractivity contribution in [3.8, 4) is 5.88 Å². The molecule has 4 heteroatoms. The lowest BCUT2D eigenvalue weighted by atomic mass is 9.98. The monoisotopic (exact) mass is 207 g/mol. The van der Waals surface area contributed by atoms with Crippen LogP contribution in [0.3, 0.4) is 0 Å². The molecular weight excluding hydrogens is 190 g/mol. The van der Waals surface area contributed by atoms with E-state index >= 15 is 0 Å². The second-order valence-corrected chi connectivity index (χ2v) is 4.06. The Labute approximate surface area is 89.9 Å². The molecule has 0 aliphatic heterocycles. The highest BCUT2D eigenvalue weighted by molar-refractivity contribution is 5.32. The Kier molecular flexibility index (Phi) is 3.04. The molecule has 2 N–H and O–H groups in total. The highest BCUT2D eigenvalue weighted by atomic mass is 16.5. The van der Waals surface area contributed by atoms with Crippen LogP contribution in [0.25, 0.3) is 0 Å². The first kappa shape index (κ1) is 10.2. The maximum atomic E-state index is 5.79. The van der Waals surface area contributed by atoms with Gasteiger partial charge in [0.25, 0.3) is 0 Å². The van der Waals surface area contributed by atoms with Gasteiger partial charge in [-0.2, -0.15) is 4.98 Å². The molecule has 1 aromatic rings. The minimum absolute atomic E-state index is 0.312. The predicted molar refractivity (Wildman–Crippen MR) is 58.7 cm³/mol. The van der Waals surface area contributed by atoms with Gasteiger partial charge in [0.15, 0.2) is 0 Å². The van der Waals surface area contributed by atoms with Crippen molar-refractivity contribution < 1.29 is 4.74 Å². The molecule has 0 unspecified atom stereocenters. The van der Waals surface area contributed by atoms with Gasteiger partial charge in [-0.05, 0) is 32.6 Å². The molecule has 1 aliphatic carbocycles. The number of nitrogens with zero attached hydrogens (tertiary/aromatic N) is 2. The summed E-state index contributed by atoms with van der Waals surface area (Å²) in [6.45, 7) is 1.82. The molecule has 0 bridgehead atoms. The number of rotatable bonds is 2. The third-order valence-electron chi connectivity index (χ3n) is 2.67. The van der Waals surface area contributed by atoms with Gasteiger partial charge in [0.1, 0.15) is 17.7 Å². The van der Waals surface area contributed by atoms with Gasteiger partial charge in [-0.3, -0.25) is 0 Å². The molecule has 0 spiro atoms. The number of hydrogen-bond acceptors (Lipinski definition) is 4. The van der Waals surface area contributed by atoms with E-state index in [-0.39, 0.29) is 0 Å². The first-order valence-corrected chi connectivity index (χ1v) is 5.52. The van der Waals surface area contributed by atoms with Gasteiger partial charge in [-0.25, -0.2) is 4.98 Å². The van der Waals surface area contributed by atoms with Crippen molar-refractivity contribution in [3.05, 3.63) is 11.9 Å². The van der Waals surface area contributed by atoms with Crippen LogP contribution in [-0.2, 0) is 0 Å². The quantitative estimate of drug-likeness (QED) is 0.806. The first-order chi connectivity index (χ1) is 7.24. The summed E-state index contributed by atoms with van der Waals surface area (Å²) in [6.07, 6.45) is 6.40. The molecule has 1 fully saturated rings. The van der Waals surface area contributed by atoms with Crippen molar-refractivity contribution in [2.24, 2.45) is 0 Å². The molecular formula is C11H17N3O. The van der Waals surface area contributed by atoms with Crippen molar-refractivity contribution in [1.29, 1.82) is 0 Å². The molecule has 0 amide bonds. The molecule has 1 heterocycles. The second kappa shape index (κ2) is 4.47. The molecule has 1 aromatic heterocycles. The van der Waals surface area contributed by atoms with E-state index in [1.807, 2.05) is 6.92 Å². The maximum Gasteiger partial charge on any atom is 0.218 e. The van der Waals surface area contributed by atoms with Crippen molar-refractivity contribution in [3.63, 3.8) is 0 Å². The highest BCUT2D eigenvalue weighted by Gasteiger charge is 2.15. The Morgan fingerprint density at radius 2 is 2.00 bits per heavy atom. The Hall–Kier alpha value is -1.32. The van der Waals surface area contributed by atoms with E-state index in [0.29, 0.717) is 23.6 Å².